The largest absolute Gasteiger partial charge is 0.486 e. The van der Waals surface area contributed by atoms with Crippen molar-refractivity contribution in [3.05, 3.63) is 54.1 Å². The van der Waals surface area contributed by atoms with Gasteiger partial charge in [0.05, 0.1) is 6.54 Å². The second-order valence-corrected chi connectivity index (χ2v) is 6.55. The van der Waals surface area contributed by atoms with Crippen LogP contribution in [-0.2, 0) is 4.79 Å². The van der Waals surface area contributed by atoms with E-state index in [2.05, 4.69) is 10.6 Å². The lowest BCUT2D eigenvalue weighted by molar-refractivity contribution is -0.117. The number of para-hydroxylation sites is 2. The smallest absolute Gasteiger partial charge is 0.251 e. The molecule has 0 saturated heterocycles. The summed E-state index contributed by atoms with van der Waals surface area (Å²) in [6, 6.07) is 14.4. The van der Waals surface area contributed by atoms with Crippen molar-refractivity contribution in [2.45, 2.75) is 18.9 Å². The number of anilines is 1. The molecule has 1 heterocycles. The number of carbonyl (C=O) groups excluding carboxylic acids is 2. The van der Waals surface area contributed by atoms with Crippen LogP contribution in [0, 0.1) is 5.92 Å². The lowest BCUT2D eigenvalue weighted by Crippen LogP contribution is -2.40. The number of hydrogen-bond donors (Lipinski definition) is 2. The zero-order valence-corrected chi connectivity index (χ0v) is 14.2. The first-order chi connectivity index (χ1) is 12.7. The molecule has 1 atom stereocenters. The van der Waals surface area contributed by atoms with Crippen molar-refractivity contribution in [3.63, 3.8) is 0 Å². The molecule has 6 heteroatoms. The van der Waals surface area contributed by atoms with Gasteiger partial charge < -0.3 is 20.1 Å². The molecule has 2 N–H and O–H groups in total. The number of ether oxygens (including phenoxy) is 2. The van der Waals surface area contributed by atoms with Gasteiger partial charge in [-0.1, -0.05) is 12.1 Å². The second-order valence-electron chi connectivity index (χ2n) is 6.55. The Kier molecular flexibility index (Phi) is 4.48. The zero-order valence-electron chi connectivity index (χ0n) is 14.2. The van der Waals surface area contributed by atoms with Crippen LogP contribution >= 0.6 is 0 Å². The summed E-state index contributed by atoms with van der Waals surface area (Å²) in [5.74, 6) is 1.43. The van der Waals surface area contributed by atoms with Crippen molar-refractivity contribution in [3.8, 4) is 11.5 Å². The molecule has 0 spiro atoms. The van der Waals surface area contributed by atoms with E-state index < -0.39 is 0 Å². The van der Waals surface area contributed by atoms with E-state index in [1.54, 1.807) is 24.3 Å². The fraction of sp³-hybridized carbons (Fsp3) is 0.300. The predicted molar refractivity (Wildman–Crippen MR) is 96.5 cm³/mol. The maximum atomic E-state index is 12.3. The minimum Gasteiger partial charge on any atom is -0.486 e. The molecular formula is C20H20N2O4. The van der Waals surface area contributed by atoms with Gasteiger partial charge in [0.15, 0.2) is 11.5 Å². The summed E-state index contributed by atoms with van der Waals surface area (Å²) in [6.45, 7) is 0.747. The molecule has 1 aliphatic heterocycles. The van der Waals surface area contributed by atoms with Crippen LogP contribution in [0.4, 0.5) is 5.69 Å². The van der Waals surface area contributed by atoms with Gasteiger partial charge in [0.2, 0.25) is 5.91 Å². The highest BCUT2D eigenvalue weighted by Crippen LogP contribution is 2.31. The molecule has 26 heavy (non-hydrogen) atoms. The third-order valence-electron chi connectivity index (χ3n) is 4.42. The highest BCUT2D eigenvalue weighted by atomic mass is 16.6. The second kappa shape index (κ2) is 7.07. The average molecular weight is 352 g/mol. The molecular weight excluding hydrogens is 332 g/mol. The molecule has 134 valence electrons. The standard InChI is InChI=1S/C20H20N2O4/c23-19(13-7-9-15(10-8-13)22-20(24)14-5-6-14)21-11-16-12-25-17-3-1-2-4-18(17)26-16/h1-4,7-10,14,16H,5-6,11-12H2,(H,21,23)(H,22,24)/t16-/m1/s1. The summed E-state index contributed by atoms with van der Waals surface area (Å²) in [5, 5.41) is 5.71. The van der Waals surface area contributed by atoms with Gasteiger partial charge in [-0.3, -0.25) is 9.59 Å². The molecule has 2 aliphatic rings. The SMILES string of the molecule is O=C(NC[C@@H]1COc2ccccc2O1)c1ccc(NC(=O)C2CC2)cc1. The van der Waals surface area contributed by atoms with Crippen molar-refractivity contribution < 1.29 is 19.1 Å². The fourth-order valence-electron chi connectivity index (χ4n) is 2.77. The number of nitrogens with one attached hydrogen (secondary N) is 2. The molecule has 1 saturated carbocycles. The van der Waals surface area contributed by atoms with E-state index in [1.807, 2.05) is 24.3 Å². The highest BCUT2D eigenvalue weighted by molar-refractivity contribution is 5.96. The molecule has 4 rings (SSSR count). The molecule has 2 amide bonds. The first-order valence-electron chi connectivity index (χ1n) is 8.76. The Morgan fingerprint density at radius 2 is 1.73 bits per heavy atom. The van der Waals surface area contributed by atoms with Crippen molar-refractivity contribution in [1.29, 1.82) is 0 Å². The Morgan fingerprint density at radius 1 is 1.00 bits per heavy atom. The van der Waals surface area contributed by atoms with Crippen molar-refractivity contribution in [2.75, 3.05) is 18.5 Å². The quantitative estimate of drug-likeness (QED) is 0.867. The molecule has 0 aromatic heterocycles. The normalized spacial score (nSPS) is 18.1. The lowest BCUT2D eigenvalue weighted by atomic mass is 10.2. The van der Waals surface area contributed by atoms with Crippen molar-refractivity contribution in [1.82, 2.24) is 5.32 Å². The van der Waals surface area contributed by atoms with Crippen LogP contribution in [0.15, 0.2) is 48.5 Å². The Balaban J connectivity index is 1.29. The van der Waals surface area contributed by atoms with E-state index in [4.69, 9.17) is 9.47 Å². The summed E-state index contributed by atoms with van der Waals surface area (Å²) in [7, 11) is 0. The molecule has 0 unspecified atom stereocenters. The monoisotopic (exact) mass is 352 g/mol. The number of rotatable bonds is 5. The van der Waals surface area contributed by atoms with E-state index in [0.29, 0.717) is 30.2 Å². The first-order valence-corrected chi connectivity index (χ1v) is 8.76. The molecule has 1 fully saturated rings. The van der Waals surface area contributed by atoms with Crippen LogP contribution in [0.5, 0.6) is 11.5 Å². The van der Waals surface area contributed by atoms with Crippen LogP contribution in [0.3, 0.4) is 0 Å². The molecule has 1 aliphatic carbocycles. The number of fused-ring (bicyclic) bond motifs is 1. The third-order valence-corrected chi connectivity index (χ3v) is 4.42. The summed E-state index contributed by atoms with van der Waals surface area (Å²) >= 11 is 0. The molecule has 2 aromatic carbocycles. The van der Waals surface area contributed by atoms with Gasteiger partial charge in [0, 0.05) is 17.2 Å². The Hall–Kier alpha value is -3.02. The van der Waals surface area contributed by atoms with Gasteiger partial charge in [0.25, 0.3) is 5.91 Å². The van der Waals surface area contributed by atoms with Crippen LogP contribution in [0.1, 0.15) is 23.2 Å². The molecule has 0 radical (unpaired) electrons. The zero-order chi connectivity index (χ0) is 17.9. The van der Waals surface area contributed by atoms with E-state index in [1.165, 1.54) is 0 Å². The maximum Gasteiger partial charge on any atom is 0.251 e. The van der Waals surface area contributed by atoms with Crippen LogP contribution in [-0.4, -0.2) is 31.1 Å². The Bertz CT molecular complexity index is 815. The van der Waals surface area contributed by atoms with Crippen molar-refractivity contribution >= 4 is 17.5 Å². The van der Waals surface area contributed by atoms with Crippen molar-refractivity contribution in [2.24, 2.45) is 5.92 Å². The molecule has 0 bridgehead atoms. The average Bonchev–Trinajstić information content (AvgIpc) is 3.52. The van der Waals surface area contributed by atoms with Crippen LogP contribution in [0.25, 0.3) is 0 Å². The van der Waals surface area contributed by atoms with Gasteiger partial charge in [0.1, 0.15) is 12.7 Å². The highest BCUT2D eigenvalue weighted by Gasteiger charge is 2.29. The van der Waals surface area contributed by atoms with Gasteiger partial charge in [-0.15, -0.1) is 0 Å². The minimum absolute atomic E-state index is 0.0527. The van der Waals surface area contributed by atoms with E-state index in [0.717, 1.165) is 18.6 Å². The number of hydrogen-bond acceptors (Lipinski definition) is 4. The Labute approximate surface area is 151 Å². The van der Waals surface area contributed by atoms with Gasteiger partial charge in [-0.2, -0.15) is 0 Å². The van der Waals surface area contributed by atoms with E-state index in [-0.39, 0.29) is 23.8 Å². The maximum absolute atomic E-state index is 12.3. The van der Waals surface area contributed by atoms with Gasteiger partial charge in [-0.05, 0) is 49.2 Å². The number of carbonyl (C=O) groups is 2. The lowest BCUT2D eigenvalue weighted by Gasteiger charge is -2.26. The predicted octanol–water partition coefficient (Wildman–Crippen LogP) is 2.60. The summed E-state index contributed by atoms with van der Waals surface area (Å²) in [6.07, 6.45) is 1.69. The Morgan fingerprint density at radius 3 is 2.46 bits per heavy atom. The van der Waals surface area contributed by atoms with Crippen LogP contribution in [0.2, 0.25) is 0 Å². The number of benzene rings is 2. The summed E-state index contributed by atoms with van der Waals surface area (Å²) in [4.78, 5) is 24.0. The first kappa shape index (κ1) is 16.4. The van der Waals surface area contributed by atoms with Gasteiger partial charge in [-0.25, -0.2) is 0 Å². The molecule has 6 nitrogen and oxygen atoms in total. The van der Waals surface area contributed by atoms with Gasteiger partial charge >= 0.3 is 0 Å². The van der Waals surface area contributed by atoms with E-state index in [9.17, 15) is 9.59 Å². The minimum atomic E-state index is -0.231. The number of amides is 2. The third kappa shape index (κ3) is 3.79. The molecule has 2 aromatic rings. The topological polar surface area (TPSA) is 76.7 Å². The van der Waals surface area contributed by atoms with E-state index >= 15 is 0 Å². The summed E-state index contributed by atoms with van der Waals surface area (Å²) < 4.78 is 11.5. The van der Waals surface area contributed by atoms with Crippen LogP contribution < -0.4 is 20.1 Å². The fourth-order valence-corrected chi connectivity index (χ4v) is 2.77. The summed E-state index contributed by atoms with van der Waals surface area (Å²) in [5.41, 5.74) is 1.24.